The van der Waals surface area contributed by atoms with Crippen LogP contribution in [-0.4, -0.2) is 25.0 Å². The van der Waals surface area contributed by atoms with Gasteiger partial charge in [0.2, 0.25) is 0 Å². The van der Waals surface area contributed by atoms with Crippen LogP contribution in [0.3, 0.4) is 0 Å². The van der Waals surface area contributed by atoms with Crippen LogP contribution in [0.4, 0.5) is 26.2 Å². The Hall–Kier alpha value is -3.58. The molecule has 0 saturated carbocycles. The zero-order valence-electron chi connectivity index (χ0n) is 18.6. The molecule has 0 radical (unpaired) electrons. The molecule has 1 saturated heterocycles. The molecule has 3 aromatic rings. The average molecular weight is 481 g/mol. The molecule has 34 heavy (non-hydrogen) atoms. The Morgan fingerprint density at radius 3 is 2.38 bits per heavy atom. The Labute approximate surface area is 203 Å². The van der Waals surface area contributed by atoms with Crippen LogP contribution in [0.5, 0.6) is 0 Å². The van der Waals surface area contributed by atoms with Crippen LogP contribution in [0.15, 0.2) is 66.7 Å². The number of carbonyl (C=O) groups excluding carboxylic acids is 2. The lowest BCUT2D eigenvalue weighted by atomic mass is 10.1. The summed E-state index contributed by atoms with van der Waals surface area (Å²) in [7, 11) is 0. The molecule has 0 aromatic heterocycles. The molecule has 176 valence electrons. The minimum absolute atomic E-state index is 0.258. The van der Waals surface area contributed by atoms with Crippen LogP contribution >= 0.6 is 11.6 Å². The smallest absolute Gasteiger partial charge is 0.319 e. The minimum Gasteiger partial charge on any atom is -0.370 e. The Kier molecular flexibility index (Phi) is 7.65. The second kappa shape index (κ2) is 11.0. The van der Waals surface area contributed by atoms with E-state index in [0.29, 0.717) is 22.0 Å². The highest BCUT2D eigenvalue weighted by Crippen LogP contribution is 2.32. The summed E-state index contributed by atoms with van der Waals surface area (Å²) in [6, 6.07) is 17.9. The molecule has 0 spiro atoms. The molecule has 1 heterocycles. The van der Waals surface area contributed by atoms with E-state index in [2.05, 4.69) is 20.9 Å². The maximum Gasteiger partial charge on any atom is 0.319 e. The van der Waals surface area contributed by atoms with Gasteiger partial charge in [-0.05, 0) is 67.3 Å². The number of hydrogen-bond acceptors (Lipinski definition) is 3. The number of halogens is 2. The zero-order chi connectivity index (χ0) is 23.9. The maximum atomic E-state index is 13.1. The van der Waals surface area contributed by atoms with Crippen molar-refractivity contribution < 1.29 is 14.0 Å². The van der Waals surface area contributed by atoms with Gasteiger partial charge in [-0.2, -0.15) is 0 Å². The van der Waals surface area contributed by atoms with Crippen molar-refractivity contribution in [2.75, 3.05) is 28.6 Å². The second-order valence-corrected chi connectivity index (χ2v) is 8.55. The number of rotatable bonds is 6. The normalized spacial score (nSPS) is 13.3. The van der Waals surface area contributed by atoms with Crippen molar-refractivity contribution in [2.24, 2.45) is 0 Å². The molecule has 0 aliphatic carbocycles. The van der Waals surface area contributed by atoms with Gasteiger partial charge < -0.3 is 20.9 Å². The topological polar surface area (TPSA) is 73.5 Å². The van der Waals surface area contributed by atoms with Crippen LogP contribution in [0.2, 0.25) is 5.02 Å². The standard InChI is InChI=1S/C26H26ClFN4O2/c27-22-7-3-2-6-21(22)25(33)30-20-12-13-24(32-14-4-1-5-15-32)23(16-20)31-26(34)29-17-18-8-10-19(28)11-9-18/h2-3,6-13,16H,1,4-5,14-15,17H2,(H,30,33)(H2,29,31,34). The van der Waals surface area contributed by atoms with E-state index in [0.717, 1.165) is 37.2 Å². The van der Waals surface area contributed by atoms with Gasteiger partial charge >= 0.3 is 6.03 Å². The van der Waals surface area contributed by atoms with Crippen molar-refractivity contribution in [3.8, 4) is 0 Å². The van der Waals surface area contributed by atoms with E-state index in [9.17, 15) is 14.0 Å². The zero-order valence-corrected chi connectivity index (χ0v) is 19.4. The Morgan fingerprint density at radius 2 is 1.65 bits per heavy atom. The van der Waals surface area contributed by atoms with Gasteiger partial charge in [-0.25, -0.2) is 9.18 Å². The molecule has 0 bridgehead atoms. The predicted molar refractivity (Wildman–Crippen MR) is 134 cm³/mol. The molecule has 4 rings (SSSR count). The minimum atomic E-state index is -0.392. The largest absolute Gasteiger partial charge is 0.370 e. The Bertz CT molecular complexity index is 1160. The molecule has 1 aliphatic rings. The fraction of sp³-hybridized carbons (Fsp3) is 0.231. The first kappa shape index (κ1) is 23.6. The van der Waals surface area contributed by atoms with Gasteiger partial charge in [0.25, 0.3) is 5.91 Å². The van der Waals surface area contributed by atoms with Gasteiger partial charge in [-0.1, -0.05) is 35.9 Å². The van der Waals surface area contributed by atoms with Crippen LogP contribution in [-0.2, 0) is 6.54 Å². The molecule has 3 aromatic carbocycles. The highest BCUT2D eigenvalue weighted by atomic mass is 35.5. The quantitative estimate of drug-likeness (QED) is 0.402. The van der Waals surface area contributed by atoms with E-state index in [-0.39, 0.29) is 18.3 Å². The summed E-state index contributed by atoms with van der Waals surface area (Å²) < 4.78 is 13.1. The average Bonchev–Trinajstić information content (AvgIpc) is 2.84. The van der Waals surface area contributed by atoms with Crippen LogP contribution in [0, 0.1) is 5.82 Å². The van der Waals surface area contributed by atoms with Gasteiger partial charge in [-0.3, -0.25) is 4.79 Å². The number of piperidine rings is 1. The fourth-order valence-electron chi connectivity index (χ4n) is 3.92. The number of anilines is 3. The molecule has 6 nitrogen and oxygen atoms in total. The summed E-state index contributed by atoms with van der Waals surface area (Å²) in [6.07, 6.45) is 3.35. The molecule has 1 fully saturated rings. The van der Waals surface area contributed by atoms with Crippen LogP contribution < -0.4 is 20.9 Å². The van der Waals surface area contributed by atoms with E-state index in [1.807, 2.05) is 12.1 Å². The molecular formula is C26H26ClFN4O2. The van der Waals surface area contributed by atoms with Crippen molar-refractivity contribution >= 4 is 40.6 Å². The predicted octanol–water partition coefficient (Wildman–Crippen LogP) is 6.04. The third kappa shape index (κ3) is 6.05. The number of amides is 3. The van der Waals surface area contributed by atoms with E-state index >= 15 is 0 Å². The molecule has 3 amide bonds. The summed E-state index contributed by atoms with van der Waals surface area (Å²) in [6.45, 7) is 2.06. The van der Waals surface area contributed by atoms with Crippen molar-refractivity contribution in [2.45, 2.75) is 25.8 Å². The van der Waals surface area contributed by atoms with Gasteiger partial charge in [0, 0.05) is 25.3 Å². The first-order valence-electron chi connectivity index (χ1n) is 11.2. The van der Waals surface area contributed by atoms with E-state index < -0.39 is 6.03 Å². The third-order valence-corrected chi connectivity index (χ3v) is 6.01. The number of nitrogens with one attached hydrogen (secondary N) is 3. The lowest BCUT2D eigenvalue weighted by Crippen LogP contribution is -2.32. The highest BCUT2D eigenvalue weighted by Gasteiger charge is 2.18. The first-order valence-corrected chi connectivity index (χ1v) is 11.6. The van der Waals surface area contributed by atoms with E-state index in [1.165, 1.54) is 18.6 Å². The molecule has 1 aliphatic heterocycles. The van der Waals surface area contributed by atoms with Crippen molar-refractivity contribution in [1.82, 2.24) is 5.32 Å². The van der Waals surface area contributed by atoms with E-state index in [4.69, 9.17) is 11.6 Å². The van der Waals surface area contributed by atoms with Crippen LogP contribution in [0.25, 0.3) is 0 Å². The van der Waals surface area contributed by atoms with Crippen molar-refractivity contribution in [3.63, 3.8) is 0 Å². The lowest BCUT2D eigenvalue weighted by molar-refractivity contribution is 0.102. The fourth-order valence-corrected chi connectivity index (χ4v) is 4.14. The molecule has 8 heteroatoms. The van der Waals surface area contributed by atoms with Gasteiger partial charge in [0.1, 0.15) is 5.82 Å². The molecule has 3 N–H and O–H groups in total. The monoisotopic (exact) mass is 480 g/mol. The number of urea groups is 1. The van der Waals surface area contributed by atoms with Gasteiger partial charge in [-0.15, -0.1) is 0 Å². The van der Waals surface area contributed by atoms with Gasteiger partial charge in [0.05, 0.1) is 22.0 Å². The summed E-state index contributed by atoms with van der Waals surface area (Å²) in [4.78, 5) is 27.6. The highest BCUT2D eigenvalue weighted by molar-refractivity contribution is 6.34. The Morgan fingerprint density at radius 1 is 0.912 bits per heavy atom. The molecule has 0 atom stereocenters. The van der Waals surface area contributed by atoms with Crippen LogP contribution in [0.1, 0.15) is 35.2 Å². The number of benzene rings is 3. The summed E-state index contributed by atoms with van der Waals surface area (Å²) in [5.74, 6) is -0.655. The van der Waals surface area contributed by atoms with Gasteiger partial charge in [0.15, 0.2) is 0 Å². The number of hydrogen-bond donors (Lipinski definition) is 3. The first-order chi connectivity index (χ1) is 16.5. The van der Waals surface area contributed by atoms with Crippen molar-refractivity contribution in [3.05, 3.63) is 88.7 Å². The molecule has 0 unspecified atom stereocenters. The third-order valence-electron chi connectivity index (χ3n) is 5.68. The summed E-state index contributed by atoms with van der Waals surface area (Å²) in [5.41, 5.74) is 3.19. The molecular weight excluding hydrogens is 455 g/mol. The SMILES string of the molecule is O=C(NCc1ccc(F)cc1)Nc1cc(NC(=O)c2ccccc2Cl)ccc1N1CCCCC1. The maximum absolute atomic E-state index is 13.1. The summed E-state index contributed by atoms with van der Waals surface area (Å²) in [5, 5.41) is 8.93. The Balaban J connectivity index is 1.51. The lowest BCUT2D eigenvalue weighted by Gasteiger charge is -2.31. The number of carbonyl (C=O) groups is 2. The second-order valence-electron chi connectivity index (χ2n) is 8.15. The summed E-state index contributed by atoms with van der Waals surface area (Å²) >= 11 is 6.15. The van der Waals surface area contributed by atoms with E-state index in [1.54, 1.807) is 42.5 Å². The van der Waals surface area contributed by atoms with Crippen molar-refractivity contribution in [1.29, 1.82) is 0 Å². The number of nitrogens with zero attached hydrogens (tertiary/aromatic N) is 1.